The highest BCUT2D eigenvalue weighted by Gasteiger charge is 2.14. The molecule has 2 aromatic carbocycles. The maximum atomic E-state index is 11.7. The van der Waals surface area contributed by atoms with Crippen molar-refractivity contribution in [3.63, 3.8) is 0 Å². The molecule has 0 amide bonds. The maximum Gasteiger partial charge on any atom is 0.337 e. The summed E-state index contributed by atoms with van der Waals surface area (Å²) in [4.78, 5) is 16.3. The predicted molar refractivity (Wildman–Crippen MR) is 124 cm³/mol. The number of rotatable bonds is 9. The molecule has 0 fully saturated rings. The van der Waals surface area contributed by atoms with E-state index in [0.29, 0.717) is 11.5 Å². The predicted octanol–water partition coefficient (Wildman–Crippen LogP) is 6.65. The SMILES string of the molecule is CCCC(Oc1ccc(-c2ccc(CC(C)C)cc2)nc1)c1ccc(C(=O)OC)cc1. The molecule has 0 spiro atoms. The lowest BCUT2D eigenvalue weighted by Crippen LogP contribution is -2.09. The zero-order valence-electron chi connectivity index (χ0n) is 18.8. The molecule has 0 aliphatic heterocycles. The second-order valence-electron chi connectivity index (χ2n) is 8.18. The van der Waals surface area contributed by atoms with Crippen LogP contribution in [-0.4, -0.2) is 18.1 Å². The maximum absolute atomic E-state index is 11.7. The Hall–Kier alpha value is -3.14. The second-order valence-corrected chi connectivity index (χ2v) is 8.18. The van der Waals surface area contributed by atoms with Gasteiger partial charge in [0, 0.05) is 5.56 Å². The van der Waals surface area contributed by atoms with Crippen LogP contribution < -0.4 is 4.74 Å². The lowest BCUT2D eigenvalue weighted by molar-refractivity contribution is 0.0600. The fraction of sp³-hybridized carbons (Fsp3) is 0.333. The molecule has 0 saturated heterocycles. The summed E-state index contributed by atoms with van der Waals surface area (Å²) >= 11 is 0. The third-order valence-corrected chi connectivity index (χ3v) is 5.16. The standard InChI is InChI=1S/C27H31NO3/c1-5-6-26(22-11-13-23(14-12-22)27(29)30-4)31-24-15-16-25(28-18-24)21-9-7-20(8-10-21)17-19(2)3/h7-16,18-19,26H,5-6,17H2,1-4H3. The van der Waals surface area contributed by atoms with E-state index in [9.17, 15) is 4.79 Å². The number of nitrogens with zero attached hydrogens (tertiary/aromatic N) is 1. The number of benzene rings is 2. The van der Waals surface area contributed by atoms with Crippen LogP contribution in [0.4, 0.5) is 0 Å². The van der Waals surface area contributed by atoms with Gasteiger partial charge in [-0.25, -0.2) is 4.79 Å². The van der Waals surface area contributed by atoms with E-state index in [4.69, 9.17) is 9.47 Å². The molecule has 0 radical (unpaired) electrons. The zero-order chi connectivity index (χ0) is 22.2. The third-order valence-electron chi connectivity index (χ3n) is 5.16. The average Bonchev–Trinajstić information content (AvgIpc) is 2.79. The minimum absolute atomic E-state index is 0.0975. The average molecular weight is 418 g/mol. The molecule has 1 unspecified atom stereocenters. The number of hydrogen-bond donors (Lipinski definition) is 0. The van der Waals surface area contributed by atoms with Crippen LogP contribution in [0.3, 0.4) is 0 Å². The van der Waals surface area contributed by atoms with Gasteiger partial charge in [-0.2, -0.15) is 0 Å². The lowest BCUT2D eigenvalue weighted by Gasteiger charge is -2.19. The Balaban J connectivity index is 1.71. The molecule has 162 valence electrons. The summed E-state index contributed by atoms with van der Waals surface area (Å²) < 4.78 is 11.0. The number of aromatic nitrogens is 1. The summed E-state index contributed by atoms with van der Waals surface area (Å²) in [5.41, 5.74) is 4.94. The first-order chi connectivity index (χ1) is 15.0. The first kappa shape index (κ1) is 22.5. The topological polar surface area (TPSA) is 48.4 Å². The Morgan fingerprint density at radius 1 is 0.968 bits per heavy atom. The van der Waals surface area contributed by atoms with E-state index in [1.807, 2.05) is 24.3 Å². The molecule has 0 aliphatic rings. The number of carbonyl (C=O) groups excluding carboxylic acids is 1. The van der Waals surface area contributed by atoms with E-state index in [1.165, 1.54) is 12.7 Å². The highest BCUT2D eigenvalue weighted by Crippen LogP contribution is 2.28. The Morgan fingerprint density at radius 2 is 1.68 bits per heavy atom. The van der Waals surface area contributed by atoms with E-state index in [0.717, 1.165) is 41.8 Å². The van der Waals surface area contributed by atoms with Crippen LogP contribution in [0.1, 0.15) is 61.2 Å². The second kappa shape index (κ2) is 10.8. The van der Waals surface area contributed by atoms with Gasteiger partial charge >= 0.3 is 5.97 Å². The molecular weight excluding hydrogens is 386 g/mol. The van der Waals surface area contributed by atoms with Crippen molar-refractivity contribution in [2.45, 2.75) is 46.1 Å². The monoisotopic (exact) mass is 417 g/mol. The molecule has 3 aromatic rings. The molecular formula is C27H31NO3. The van der Waals surface area contributed by atoms with E-state index in [2.05, 4.69) is 50.0 Å². The van der Waals surface area contributed by atoms with Crippen molar-refractivity contribution >= 4 is 5.97 Å². The minimum Gasteiger partial charge on any atom is -0.484 e. The molecule has 31 heavy (non-hydrogen) atoms. The smallest absolute Gasteiger partial charge is 0.337 e. The zero-order valence-corrected chi connectivity index (χ0v) is 18.8. The van der Waals surface area contributed by atoms with Crippen molar-refractivity contribution in [2.75, 3.05) is 7.11 Å². The van der Waals surface area contributed by atoms with E-state index >= 15 is 0 Å². The van der Waals surface area contributed by atoms with Crippen molar-refractivity contribution in [2.24, 2.45) is 5.92 Å². The van der Waals surface area contributed by atoms with Crippen LogP contribution in [0.15, 0.2) is 66.9 Å². The van der Waals surface area contributed by atoms with Gasteiger partial charge in [0.25, 0.3) is 0 Å². The molecule has 0 aliphatic carbocycles. The third kappa shape index (κ3) is 6.17. The Kier molecular flexibility index (Phi) is 7.82. The molecule has 1 aromatic heterocycles. The van der Waals surface area contributed by atoms with Gasteiger partial charge in [0.2, 0.25) is 0 Å². The molecule has 3 rings (SSSR count). The van der Waals surface area contributed by atoms with Gasteiger partial charge in [0.05, 0.1) is 24.6 Å². The molecule has 4 heteroatoms. The van der Waals surface area contributed by atoms with E-state index in [-0.39, 0.29) is 12.1 Å². The normalized spacial score (nSPS) is 11.9. The van der Waals surface area contributed by atoms with Gasteiger partial charge in [-0.1, -0.05) is 63.6 Å². The van der Waals surface area contributed by atoms with Gasteiger partial charge in [0.1, 0.15) is 11.9 Å². The fourth-order valence-corrected chi connectivity index (χ4v) is 3.58. The van der Waals surface area contributed by atoms with Crippen molar-refractivity contribution in [3.05, 3.63) is 83.6 Å². The van der Waals surface area contributed by atoms with Crippen LogP contribution in [0, 0.1) is 5.92 Å². The summed E-state index contributed by atoms with van der Waals surface area (Å²) in [5, 5.41) is 0. The molecule has 1 atom stereocenters. The Morgan fingerprint density at radius 3 is 2.23 bits per heavy atom. The molecule has 1 heterocycles. The molecule has 0 N–H and O–H groups in total. The van der Waals surface area contributed by atoms with Gasteiger partial charge in [-0.05, 0) is 54.2 Å². The summed E-state index contributed by atoms with van der Waals surface area (Å²) in [7, 11) is 1.38. The summed E-state index contributed by atoms with van der Waals surface area (Å²) in [6, 6.07) is 20.0. The molecule has 4 nitrogen and oxygen atoms in total. The minimum atomic E-state index is -0.337. The summed E-state index contributed by atoms with van der Waals surface area (Å²) in [6.07, 6.45) is 4.62. The number of pyridine rings is 1. The van der Waals surface area contributed by atoms with Crippen LogP contribution in [0.2, 0.25) is 0 Å². The fourth-order valence-electron chi connectivity index (χ4n) is 3.58. The highest BCUT2D eigenvalue weighted by atomic mass is 16.5. The molecule has 0 saturated carbocycles. The van der Waals surface area contributed by atoms with Crippen LogP contribution in [0.5, 0.6) is 5.75 Å². The Bertz CT molecular complexity index is 961. The quantitative estimate of drug-likeness (QED) is 0.366. The summed E-state index contributed by atoms with van der Waals surface area (Å²) in [6.45, 7) is 6.59. The van der Waals surface area contributed by atoms with Crippen molar-refractivity contribution in [1.82, 2.24) is 4.98 Å². The number of hydrogen-bond acceptors (Lipinski definition) is 4. The van der Waals surface area contributed by atoms with Crippen molar-refractivity contribution in [3.8, 4) is 17.0 Å². The van der Waals surface area contributed by atoms with Crippen molar-refractivity contribution < 1.29 is 14.3 Å². The van der Waals surface area contributed by atoms with Gasteiger partial charge < -0.3 is 9.47 Å². The van der Waals surface area contributed by atoms with Gasteiger partial charge in [-0.3, -0.25) is 4.98 Å². The number of carbonyl (C=O) groups is 1. The van der Waals surface area contributed by atoms with Crippen LogP contribution in [0.25, 0.3) is 11.3 Å². The van der Waals surface area contributed by atoms with Crippen molar-refractivity contribution in [1.29, 1.82) is 0 Å². The highest BCUT2D eigenvalue weighted by molar-refractivity contribution is 5.89. The number of ether oxygens (including phenoxy) is 2. The molecule has 0 bridgehead atoms. The first-order valence-electron chi connectivity index (χ1n) is 10.9. The van der Waals surface area contributed by atoms with E-state index < -0.39 is 0 Å². The largest absolute Gasteiger partial charge is 0.484 e. The summed E-state index contributed by atoms with van der Waals surface area (Å²) in [5.74, 6) is 1.04. The Labute approximate surface area is 185 Å². The lowest BCUT2D eigenvalue weighted by atomic mass is 10.0. The van der Waals surface area contributed by atoms with E-state index in [1.54, 1.807) is 18.3 Å². The first-order valence-corrected chi connectivity index (χ1v) is 10.9. The number of esters is 1. The number of methoxy groups -OCH3 is 1. The van der Waals surface area contributed by atoms with Crippen LogP contribution >= 0.6 is 0 Å². The van der Waals surface area contributed by atoms with Gasteiger partial charge in [0.15, 0.2) is 0 Å². The van der Waals surface area contributed by atoms with Gasteiger partial charge in [-0.15, -0.1) is 0 Å². The van der Waals surface area contributed by atoms with Crippen LogP contribution in [-0.2, 0) is 11.2 Å².